The number of nitrogens with zero attached hydrogens (tertiary/aromatic N) is 3. The van der Waals surface area contributed by atoms with Crippen LogP contribution in [-0.2, 0) is 4.79 Å². The highest BCUT2D eigenvalue weighted by Crippen LogP contribution is 2.35. The quantitative estimate of drug-likeness (QED) is 0.762. The molecule has 1 aliphatic rings. The second-order valence-corrected chi connectivity index (χ2v) is 6.02. The molecule has 0 radical (unpaired) electrons. The summed E-state index contributed by atoms with van der Waals surface area (Å²) in [5, 5.41) is 11.1. The molecule has 3 heterocycles. The topological polar surface area (TPSA) is 83.8 Å². The molecule has 0 aliphatic heterocycles. The van der Waals surface area contributed by atoms with Crippen molar-refractivity contribution in [1.29, 1.82) is 0 Å². The number of hydrogen-bond donors (Lipinski definition) is 2. The van der Waals surface area contributed by atoms with Crippen molar-refractivity contribution in [3.63, 3.8) is 0 Å². The summed E-state index contributed by atoms with van der Waals surface area (Å²) in [6.07, 6.45) is 5.76. The molecule has 2 N–H and O–H groups in total. The van der Waals surface area contributed by atoms with Gasteiger partial charge in [0.2, 0.25) is 0 Å². The fourth-order valence-corrected chi connectivity index (χ4v) is 3.46. The van der Waals surface area contributed by atoms with Crippen molar-refractivity contribution in [2.75, 3.05) is 0 Å². The second-order valence-electron chi connectivity index (χ2n) is 6.02. The lowest BCUT2D eigenvalue weighted by molar-refractivity contribution is -0.120. The summed E-state index contributed by atoms with van der Waals surface area (Å²) in [6.45, 7) is 1.73. The number of rotatable bonds is 2. The molecule has 0 bridgehead atoms. The molecule has 1 saturated carbocycles. The van der Waals surface area contributed by atoms with Crippen LogP contribution in [0.1, 0.15) is 50.6 Å². The van der Waals surface area contributed by atoms with E-state index in [4.69, 9.17) is 0 Å². The number of aromatic amines is 1. The van der Waals surface area contributed by atoms with Gasteiger partial charge in [-0.15, -0.1) is 0 Å². The molecule has 4 rings (SSSR count). The third kappa shape index (κ3) is 1.94. The molecule has 1 aliphatic carbocycles. The van der Waals surface area contributed by atoms with Crippen molar-refractivity contribution in [3.8, 4) is 0 Å². The van der Waals surface area contributed by atoms with Crippen LogP contribution in [-0.4, -0.2) is 30.4 Å². The summed E-state index contributed by atoms with van der Waals surface area (Å²) in [5.74, 6) is 0.984. The third-order valence-corrected chi connectivity index (χ3v) is 4.51. The summed E-state index contributed by atoms with van der Waals surface area (Å²) in [6, 6.07) is 2.19. The number of Topliss-reactive ketones (excluding diaryl/α,β-unsaturated/α-hetero) is 1. The summed E-state index contributed by atoms with van der Waals surface area (Å²) in [4.78, 5) is 23.6. The monoisotopic (exact) mass is 298 g/mol. The van der Waals surface area contributed by atoms with E-state index in [1.807, 2.05) is 12.3 Å². The van der Waals surface area contributed by atoms with E-state index in [2.05, 4.69) is 19.5 Å². The van der Waals surface area contributed by atoms with Crippen LogP contribution in [0, 0.1) is 0 Å². The Labute approximate surface area is 127 Å². The van der Waals surface area contributed by atoms with E-state index in [1.165, 1.54) is 0 Å². The van der Waals surface area contributed by atoms with E-state index in [1.54, 1.807) is 13.1 Å². The molecule has 1 fully saturated rings. The molecule has 6 heteroatoms. The smallest absolute Gasteiger partial charge is 0.139 e. The van der Waals surface area contributed by atoms with Gasteiger partial charge < -0.3 is 14.7 Å². The Morgan fingerprint density at radius 2 is 2.18 bits per heavy atom. The SMILES string of the molecule is C[C@@H](O)c1nc2cnc3[nH]ccc3c2n1C1CCC(=O)CC1. The minimum Gasteiger partial charge on any atom is -0.385 e. The number of nitrogens with one attached hydrogen (secondary N) is 1. The third-order valence-electron chi connectivity index (χ3n) is 4.51. The number of imidazole rings is 1. The highest BCUT2D eigenvalue weighted by atomic mass is 16.3. The lowest BCUT2D eigenvalue weighted by Crippen LogP contribution is -2.20. The summed E-state index contributed by atoms with van der Waals surface area (Å²) >= 11 is 0. The Hall–Kier alpha value is -2.21. The number of aliphatic hydroxyl groups is 1. The lowest BCUT2D eigenvalue weighted by Gasteiger charge is -2.25. The van der Waals surface area contributed by atoms with E-state index >= 15 is 0 Å². The minimum absolute atomic E-state index is 0.202. The molecule has 3 aromatic heterocycles. The first-order valence-electron chi connectivity index (χ1n) is 7.69. The maximum absolute atomic E-state index is 11.5. The highest BCUT2D eigenvalue weighted by molar-refractivity contribution is 6.01. The Bertz CT molecular complexity index is 852. The van der Waals surface area contributed by atoms with Gasteiger partial charge in [0.1, 0.15) is 28.9 Å². The van der Waals surface area contributed by atoms with Crippen molar-refractivity contribution in [3.05, 3.63) is 24.3 Å². The Morgan fingerprint density at radius 3 is 2.91 bits per heavy atom. The largest absolute Gasteiger partial charge is 0.385 e. The van der Waals surface area contributed by atoms with Gasteiger partial charge in [0.15, 0.2) is 0 Å². The van der Waals surface area contributed by atoms with Crippen LogP contribution >= 0.6 is 0 Å². The number of pyridine rings is 1. The first kappa shape index (κ1) is 13.5. The first-order valence-corrected chi connectivity index (χ1v) is 7.69. The van der Waals surface area contributed by atoms with Gasteiger partial charge in [-0.2, -0.15) is 0 Å². The molecule has 114 valence electrons. The standard InChI is InChI=1S/C16H18N4O2/c1-9(21)16-19-13-8-18-15-12(6-7-17-15)14(13)20(16)10-2-4-11(22)5-3-10/h6-10,21H,2-5H2,1H3,(H,17,18)/t9-/m1/s1. The number of aliphatic hydroxyl groups excluding tert-OH is 1. The van der Waals surface area contributed by atoms with E-state index in [0.29, 0.717) is 24.4 Å². The summed E-state index contributed by atoms with van der Waals surface area (Å²) in [7, 11) is 0. The van der Waals surface area contributed by atoms with Gasteiger partial charge >= 0.3 is 0 Å². The molecular formula is C16H18N4O2. The van der Waals surface area contributed by atoms with E-state index < -0.39 is 6.10 Å². The zero-order valence-electron chi connectivity index (χ0n) is 12.4. The van der Waals surface area contributed by atoms with Gasteiger partial charge in [-0.3, -0.25) is 4.79 Å². The van der Waals surface area contributed by atoms with Crippen LogP contribution in [0.15, 0.2) is 18.5 Å². The average molecular weight is 298 g/mol. The number of carbonyl (C=O) groups is 1. The van der Waals surface area contributed by atoms with E-state index in [0.717, 1.165) is 34.9 Å². The second kappa shape index (κ2) is 4.91. The van der Waals surface area contributed by atoms with Crippen LogP contribution in [0.4, 0.5) is 0 Å². The number of H-pyrrole nitrogens is 1. The predicted octanol–water partition coefficient (Wildman–Crippen LogP) is 2.65. The fourth-order valence-electron chi connectivity index (χ4n) is 3.46. The molecule has 0 unspecified atom stereocenters. The molecule has 0 saturated heterocycles. The molecular weight excluding hydrogens is 280 g/mol. The van der Waals surface area contributed by atoms with Crippen molar-refractivity contribution in [1.82, 2.24) is 19.5 Å². The lowest BCUT2D eigenvalue weighted by atomic mass is 9.94. The van der Waals surface area contributed by atoms with Crippen LogP contribution < -0.4 is 0 Å². The van der Waals surface area contributed by atoms with Gasteiger partial charge in [0.25, 0.3) is 0 Å². The summed E-state index contributed by atoms with van der Waals surface area (Å²) < 4.78 is 2.13. The van der Waals surface area contributed by atoms with Crippen molar-refractivity contribution < 1.29 is 9.90 Å². The Morgan fingerprint density at radius 1 is 1.41 bits per heavy atom. The number of hydrogen-bond acceptors (Lipinski definition) is 4. The number of fused-ring (bicyclic) bond motifs is 3. The average Bonchev–Trinajstić information content (AvgIpc) is 3.11. The maximum atomic E-state index is 11.5. The minimum atomic E-state index is -0.654. The number of carbonyl (C=O) groups excluding carboxylic acids is 1. The van der Waals surface area contributed by atoms with Gasteiger partial charge in [-0.1, -0.05) is 0 Å². The molecule has 22 heavy (non-hydrogen) atoms. The zero-order valence-corrected chi connectivity index (χ0v) is 12.4. The maximum Gasteiger partial charge on any atom is 0.139 e. The molecule has 0 spiro atoms. The van der Waals surface area contributed by atoms with Crippen molar-refractivity contribution >= 4 is 27.9 Å². The normalized spacial score (nSPS) is 18.4. The Balaban J connectivity index is 1.98. The Kier molecular flexibility index (Phi) is 3.00. The van der Waals surface area contributed by atoms with Gasteiger partial charge in [0, 0.05) is 30.5 Å². The van der Waals surface area contributed by atoms with Crippen LogP contribution in [0.5, 0.6) is 0 Å². The van der Waals surface area contributed by atoms with Gasteiger partial charge in [0.05, 0.1) is 11.7 Å². The molecule has 3 aromatic rings. The zero-order chi connectivity index (χ0) is 15.3. The van der Waals surface area contributed by atoms with Crippen LogP contribution in [0.25, 0.3) is 22.1 Å². The predicted molar refractivity (Wildman–Crippen MR) is 82.5 cm³/mol. The first-order chi connectivity index (χ1) is 10.6. The molecule has 1 atom stereocenters. The van der Waals surface area contributed by atoms with Gasteiger partial charge in [-0.05, 0) is 25.8 Å². The van der Waals surface area contributed by atoms with Crippen LogP contribution in [0.3, 0.4) is 0 Å². The number of aromatic nitrogens is 4. The molecule has 0 aromatic carbocycles. The highest BCUT2D eigenvalue weighted by Gasteiger charge is 2.27. The number of ketones is 1. The van der Waals surface area contributed by atoms with Crippen molar-refractivity contribution in [2.45, 2.75) is 44.8 Å². The fraction of sp³-hybridized carbons (Fsp3) is 0.438. The van der Waals surface area contributed by atoms with Gasteiger partial charge in [-0.25, -0.2) is 9.97 Å². The molecule has 0 amide bonds. The van der Waals surface area contributed by atoms with Crippen molar-refractivity contribution in [2.24, 2.45) is 0 Å². The van der Waals surface area contributed by atoms with Crippen LogP contribution in [0.2, 0.25) is 0 Å². The van der Waals surface area contributed by atoms with E-state index in [9.17, 15) is 9.90 Å². The van der Waals surface area contributed by atoms with E-state index in [-0.39, 0.29) is 6.04 Å². The summed E-state index contributed by atoms with van der Waals surface area (Å²) in [5.41, 5.74) is 2.61. The molecule has 6 nitrogen and oxygen atoms in total.